The standard InChI is InChI=1S/C16H15N3O2S/c1-10-4-3-5-11-14(10)18-8-12(15(11)20)16(21)19(2)9-13-17-6-7-22-13/h3-8H,9H2,1-2H3,(H,18,20). The number of benzene rings is 1. The van der Waals surface area contributed by atoms with Gasteiger partial charge in [-0.3, -0.25) is 9.59 Å². The zero-order valence-electron chi connectivity index (χ0n) is 12.3. The number of H-pyrrole nitrogens is 1. The van der Waals surface area contributed by atoms with Crippen molar-refractivity contribution in [1.29, 1.82) is 0 Å². The molecule has 1 amide bonds. The molecule has 3 aromatic rings. The summed E-state index contributed by atoms with van der Waals surface area (Å²) in [7, 11) is 1.67. The molecule has 6 heteroatoms. The van der Waals surface area contributed by atoms with Crippen molar-refractivity contribution in [2.45, 2.75) is 13.5 Å². The molecular formula is C16H15N3O2S. The van der Waals surface area contributed by atoms with Crippen LogP contribution in [0, 0.1) is 6.92 Å². The molecule has 0 aliphatic rings. The minimum absolute atomic E-state index is 0.150. The van der Waals surface area contributed by atoms with Crippen LogP contribution in [0.4, 0.5) is 0 Å². The molecule has 2 aromatic heterocycles. The van der Waals surface area contributed by atoms with Crippen LogP contribution in [0.25, 0.3) is 10.9 Å². The van der Waals surface area contributed by atoms with E-state index in [1.54, 1.807) is 19.3 Å². The Bertz CT molecular complexity index is 884. The number of hydrogen-bond donors (Lipinski definition) is 1. The van der Waals surface area contributed by atoms with Crippen molar-refractivity contribution in [2.75, 3.05) is 7.05 Å². The molecule has 0 aliphatic carbocycles. The minimum Gasteiger partial charge on any atom is -0.360 e. The highest BCUT2D eigenvalue weighted by Crippen LogP contribution is 2.14. The van der Waals surface area contributed by atoms with E-state index in [-0.39, 0.29) is 16.9 Å². The first-order valence-corrected chi connectivity index (χ1v) is 7.70. The Morgan fingerprint density at radius 3 is 2.95 bits per heavy atom. The average Bonchev–Trinajstić information content (AvgIpc) is 3.01. The Morgan fingerprint density at radius 2 is 2.23 bits per heavy atom. The molecule has 3 rings (SSSR count). The van der Waals surface area contributed by atoms with Crippen molar-refractivity contribution in [2.24, 2.45) is 0 Å². The number of pyridine rings is 1. The highest BCUT2D eigenvalue weighted by Gasteiger charge is 2.18. The van der Waals surface area contributed by atoms with Gasteiger partial charge in [0.1, 0.15) is 10.6 Å². The number of thiazole rings is 1. The molecule has 0 fully saturated rings. The molecule has 0 saturated heterocycles. The van der Waals surface area contributed by atoms with Crippen molar-refractivity contribution < 1.29 is 4.79 Å². The smallest absolute Gasteiger partial charge is 0.259 e. The topological polar surface area (TPSA) is 66.1 Å². The molecule has 5 nitrogen and oxygen atoms in total. The number of nitrogens with zero attached hydrogens (tertiary/aromatic N) is 2. The third-order valence-corrected chi connectivity index (χ3v) is 4.32. The summed E-state index contributed by atoms with van der Waals surface area (Å²) in [6.45, 7) is 2.32. The van der Waals surface area contributed by atoms with E-state index in [1.807, 2.05) is 24.4 Å². The predicted octanol–water partition coefficient (Wildman–Crippen LogP) is 2.57. The van der Waals surface area contributed by atoms with Crippen LogP contribution in [0.1, 0.15) is 20.9 Å². The van der Waals surface area contributed by atoms with Gasteiger partial charge >= 0.3 is 0 Å². The highest BCUT2D eigenvalue weighted by molar-refractivity contribution is 7.09. The largest absolute Gasteiger partial charge is 0.360 e. The van der Waals surface area contributed by atoms with E-state index >= 15 is 0 Å². The number of amides is 1. The number of carbonyl (C=O) groups is 1. The second kappa shape index (κ2) is 5.73. The lowest BCUT2D eigenvalue weighted by Crippen LogP contribution is -2.30. The van der Waals surface area contributed by atoms with Crippen LogP contribution in [0.3, 0.4) is 0 Å². The third kappa shape index (κ3) is 2.53. The van der Waals surface area contributed by atoms with E-state index in [0.29, 0.717) is 11.9 Å². The van der Waals surface area contributed by atoms with Gasteiger partial charge in [-0.2, -0.15) is 0 Å². The zero-order chi connectivity index (χ0) is 15.7. The second-order valence-corrected chi connectivity index (χ2v) is 6.10. The van der Waals surface area contributed by atoms with Crippen molar-refractivity contribution in [3.05, 3.63) is 62.3 Å². The van der Waals surface area contributed by atoms with E-state index in [1.165, 1.54) is 22.4 Å². The Kier molecular flexibility index (Phi) is 3.77. The number of fused-ring (bicyclic) bond motifs is 1. The summed E-state index contributed by atoms with van der Waals surface area (Å²) in [6, 6.07) is 5.48. The van der Waals surface area contributed by atoms with Crippen molar-refractivity contribution >= 4 is 28.1 Å². The number of rotatable bonds is 3. The number of aromatic amines is 1. The molecule has 1 N–H and O–H groups in total. The lowest BCUT2D eigenvalue weighted by atomic mass is 10.1. The molecular weight excluding hydrogens is 298 g/mol. The van der Waals surface area contributed by atoms with E-state index in [4.69, 9.17) is 0 Å². The lowest BCUT2D eigenvalue weighted by molar-refractivity contribution is 0.0783. The number of para-hydroxylation sites is 1. The normalized spacial score (nSPS) is 10.8. The molecule has 112 valence electrons. The Balaban J connectivity index is 1.97. The van der Waals surface area contributed by atoms with Crippen LogP contribution in [0.5, 0.6) is 0 Å². The lowest BCUT2D eigenvalue weighted by Gasteiger charge is -2.15. The molecule has 0 atom stereocenters. The van der Waals surface area contributed by atoms with E-state index < -0.39 is 0 Å². The summed E-state index contributed by atoms with van der Waals surface area (Å²) in [4.78, 5) is 33.8. The van der Waals surface area contributed by atoms with Crippen molar-refractivity contribution in [3.63, 3.8) is 0 Å². The molecule has 0 spiro atoms. The van der Waals surface area contributed by atoms with Crippen LogP contribution in [0.15, 0.2) is 40.8 Å². The highest BCUT2D eigenvalue weighted by atomic mass is 32.1. The average molecular weight is 313 g/mol. The number of carbonyl (C=O) groups excluding carboxylic acids is 1. The summed E-state index contributed by atoms with van der Waals surface area (Å²) < 4.78 is 0. The van der Waals surface area contributed by atoms with Crippen LogP contribution >= 0.6 is 11.3 Å². The number of nitrogens with one attached hydrogen (secondary N) is 1. The first-order valence-electron chi connectivity index (χ1n) is 6.83. The number of aromatic nitrogens is 2. The van der Waals surface area contributed by atoms with Gasteiger partial charge in [-0.15, -0.1) is 11.3 Å². The Morgan fingerprint density at radius 1 is 1.41 bits per heavy atom. The van der Waals surface area contributed by atoms with Crippen LogP contribution in [0.2, 0.25) is 0 Å². The van der Waals surface area contributed by atoms with Gasteiger partial charge in [0.15, 0.2) is 0 Å². The van der Waals surface area contributed by atoms with Gasteiger partial charge in [0.25, 0.3) is 5.91 Å². The minimum atomic E-state index is -0.306. The van der Waals surface area contributed by atoms with Gasteiger partial charge in [-0.05, 0) is 18.6 Å². The monoisotopic (exact) mass is 313 g/mol. The van der Waals surface area contributed by atoms with Gasteiger partial charge in [0.05, 0.1) is 12.1 Å². The quantitative estimate of drug-likeness (QED) is 0.808. The van der Waals surface area contributed by atoms with Crippen LogP contribution in [-0.2, 0) is 6.54 Å². The SMILES string of the molecule is Cc1cccc2c(=O)c(C(=O)N(C)Cc3nccs3)c[nH]c12. The summed E-state index contributed by atoms with van der Waals surface area (Å²) in [5.41, 5.74) is 1.65. The summed E-state index contributed by atoms with van der Waals surface area (Å²) >= 11 is 1.48. The first-order chi connectivity index (χ1) is 10.6. The first kappa shape index (κ1) is 14.5. The summed E-state index contributed by atoms with van der Waals surface area (Å²) in [5.74, 6) is -0.306. The van der Waals surface area contributed by atoms with E-state index in [9.17, 15) is 9.59 Å². The van der Waals surface area contributed by atoms with Gasteiger partial charge < -0.3 is 9.88 Å². The maximum Gasteiger partial charge on any atom is 0.259 e. The van der Waals surface area contributed by atoms with E-state index in [0.717, 1.165) is 16.1 Å². The molecule has 0 aliphatic heterocycles. The molecule has 22 heavy (non-hydrogen) atoms. The molecule has 0 saturated carbocycles. The van der Waals surface area contributed by atoms with Gasteiger partial charge in [0.2, 0.25) is 5.43 Å². The third-order valence-electron chi connectivity index (χ3n) is 3.56. The zero-order valence-corrected chi connectivity index (χ0v) is 13.1. The van der Waals surface area contributed by atoms with Crippen molar-refractivity contribution in [3.8, 4) is 0 Å². The fourth-order valence-electron chi connectivity index (χ4n) is 2.37. The fourth-order valence-corrected chi connectivity index (χ4v) is 3.04. The molecule has 0 unspecified atom stereocenters. The van der Waals surface area contributed by atoms with Gasteiger partial charge in [-0.1, -0.05) is 12.1 Å². The van der Waals surface area contributed by atoms with Crippen LogP contribution in [-0.4, -0.2) is 27.8 Å². The Hall–Kier alpha value is -2.47. The van der Waals surface area contributed by atoms with Gasteiger partial charge in [0, 0.05) is 30.2 Å². The van der Waals surface area contributed by atoms with E-state index in [2.05, 4.69) is 9.97 Å². The fraction of sp³-hybridized carbons (Fsp3) is 0.188. The van der Waals surface area contributed by atoms with Gasteiger partial charge in [-0.25, -0.2) is 4.98 Å². The predicted molar refractivity (Wildman–Crippen MR) is 87.2 cm³/mol. The summed E-state index contributed by atoms with van der Waals surface area (Å²) in [6.07, 6.45) is 3.20. The maximum atomic E-state index is 12.5. The number of hydrogen-bond acceptors (Lipinski definition) is 4. The second-order valence-electron chi connectivity index (χ2n) is 5.12. The molecule has 0 radical (unpaired) electrons. The van der Waals surface area contributed by atoms with Crippen molar-refractivity contribution in [1.82, 2.24) is 14.9 Å². The summed E-state index contributed by atoms with van der Waals surface area (Å²) in [5, 5.41) is 3.23. The van der Waals surface area contributed by atoms with Crippen LogP contribution < -0.4 is 5.43 Å². The Labute approximate surface area is 131 Å². The molecule has 0 bridgehead atoms. The molecule has 1 aromatic carbocycles. The number of aryl methyl sites for hydroxylation is 1. The maximum absolute atomic E-state index is 12.5. The molecule has 2 heterocycles.